The first-order valence-electron chi connectivity index (χ1n) is 4.20. The molecule has 18 heavy (non-hydrogen) atoms. The minimum atomic E-state index is -5.65. The first kappa shape index (κ1) is 14.1. The van der Waals surface area contributed by atoms with E-state index in [1.165, 1.54) is 0 Å². The highest BCUT2D eigenvalue weighted by atomic mass is 19.4. The summed E-state index contributed by atoms with van der Waals surface area (Å²) in [5, 5.41) is 0. The molecule has 1 aromatic rings. The fraction of sp³-hybridized carbons (Fsp3) is 0.429. The molecule has 0 aliphatic heterocycles. The number of ether oxygens (including phenoxy) is 1. The van der Waals surface area contributed by atoms with E-state index in [-0.39, 0.29) is 0 Å². The van der Waals surface area contributed by atoms with Crippen molar-refractivity contribution in [2.45, 2.75) is 18.5 Å². The smallest absolute Gasteiger partial charge is 0.434 e. The fourth-order valence-electron chi connectivity index (χ4n) is 0.962. The molecule has 5 nitrogen and oxygen atoms in total. The summed E-state index contributed by atoms with van der Waals surface area (Å²) in [7, 11) is 0. The van der Waals surface area contributed by atoms with Crippen molar-refractivity contribution in [3.05, 3.63) is 6.07 Å². The minimum absolute atomic E-state index is 0.416. The normalized spacial score (nSPS) is 12.8. The molecule has 1 heterocycles. The van der Waals surface area contributed by atoms with Gasteiger partial charge >= 0.3 is 12.4 Å². The van der Waals surface area contributed by atoms with Crippen LogP contribution >= 0.6 is 0 Å². The summed E-state index contributed by atoms with van der Waals surface area (Å²) in [5.41, 5.74) is 10.1. The fourth-order valence-corrected chi connectivity index (χ4v) is 0.962. The summed E-state index contributed by atoms with van der Waals surface area (Å²) in [4.78, 5) is 6.33. The number of anilines is 2. The van der Waals surface area contributed by atoms with Crippen LogP contribution in [0, 0.1) is 0 Å². The minimum Gasteiger partial charge on any atom is -0.455 e. The average Bonchev–Trinajstić information content (AvgIpc) is 2.08. The van der Waals surface area contributed by atoms with Crippen molar-refractivity contribution < 1.29 is 31.1 Å². The van der Waals surface area contributed by atoms with Gasteiger partial charge in [0, 0.05) is 6.07 Å². The van der Waals surface area contributed by atoms with Crippen LogP contribution in [0.3, 0.4) is 0 Å². The standard InChI is InChI=1S/C7H6F6N4O/c8-6(9,10)4(7(11,12)13)18-3-1-2(14)16-5(15)17-3/h1,4H,(H4,14,15,16,17). The van der Waals surface area contributed by atoms with Gasteiger partial charge in [-0.25, -0.2) is 0 Å². The van der Waals surface area contributed by atoms with Gasteiger partial charge in [0.1, 0.15) is 5.82 Å². The number of halogens is 6. The van der Waals surface area contributed by atoms with Crippen LogP contribution in [0.25, 0.3) is 0 Å². The lowest BCUT2D eigenvalue weighted by Gasteiger charge is -2.23. The Morgan fingerprint density at radius 2 is 1.50 bits per heavy atom. The van der Waals surface area contributed by atoms with Gasteiger partial charge < -0.3 is 16.2 Å². The molecule has 0 spiro atoms. The van der Waals surface area contributed by atoms with Gasteiger partial charge in [-0.2, -0.15) is 36.3 Å². The molecule has 0 aliphatic rings. The summed E-state index contributed by atoms with van der Waals surface area (Å²) < 4.78 is 76.7. The van der Waals surface area contributed by atoms with E-state index in [9.17, 15) is 26.3 Å². The molecule has 0 saturated heterocycles. The Labute approximate surface area is 95.8 Å². The lowest BCUT2D eigenvalue weighted by molar-refractivity contribution is -0.300. The SMILES string of the molecule is Nc1cc(OC(C(F)(F)F)C(F)(F)F)nc(N)n1. The van der Waals surface area contributed by atoms with Gasteiger partial charge in [-0.3, -0.25) is 0 Å². The number of nitrogens with two attached hydrogens (primary N) is 2. The Bertz CT molecular complexity index is 397. The molecule has 0 aliphatic carbocycles. The Morgan fingerprint density at radius 3 is 1.89 bits per heavy atom. The maximum Gasteiger partial charge on any atom is 0.434 e. The van der Waals surface area contributed by atoms with Crippen molar-refractivity contribution in [2.75, 3.05) is 11.5 Å². The maximum atomic E-state index is 12.2. The Kier molecular flexibility index (Phi) is 3.44. The van der Waals surface area contributed by atoms with E-state index in [0.717, 1.165) is 0 Å². The Balaban J connectivity index is 3.04. The predicted octanol–water partition coefficient (Wildman–Crippen LogP) is 1.51. The van der Waals surface area contributed by atoms with Crippen LogP contribution in [0.15, 0.2) is 6.07 Å². The number of rotatable bonds is 2. The van der Waals surface area contributed by atoms with Gasteiger partial charge in [0.15, 0.2) is 0 Å². The monoisotopic (exact) mass is 276 g/mol. The quantitative estimate of drug-likeness (QED) is 0.799. The molecule has 0 aromatic carbocycles. The summed E-state index contributed by atoms with van der Waals surface area (Å²) in [5.74, 6) is -2.03. The third kappa shape index (κ3) is 3.53. The van der Waals surface area contributed by atoms with Gasteiger partial charge in [0.05, 0.1) is 0 Å². The van der Waals surface area contributed by atoms with Crippen molar-refractivity contribution in [2.24, 2.45) is 0 Å². The molecule has 1 rings (SSSR count). The van der Waals surface area contributed by atoms with Crippen LogP contribution in [0.5, 0.6) is 5.88 Å². The molecule has 0 radical (unpaired) electrons. The zero-order chi connectivity index (χ0) is 14.1. The van der Waals surface area contributed by atoms with E-state index in [2.05, 4.69) is 14.7 Å². The highest BCUT2D eigenvalue weighted by Gasteiger charge is 2.59. The van der Waals surface area contributed by atoms with Gasteiger partial charge in [0.25, 0.3) is 6.10 Å². The van der Waals surface area contributed by atoms with Gasteiger partial charge in [0.2, 0.25) is 11.8 Å². The summed E-state index contributed by atoms with van der Waals surface area (Å²) in [6.07, 6.45) is -15.3. The van der Waals surface area contributed by atoms with Crippen molar-refractivity contribution >= 4 is 11.8 Å². The maximum absolute atomic E-state index is 12.2. The highest BCUT2D eigenvalue weighted by Crippen LogP contribution is 2.36. The van der Waals surface area contributed by atoms with E-state index in [0.29, 0.717) is 6.07 Å². The van der Waals surface area contributed by atoms with Gasteiger partial charge in [-0.15, -0.1) is 0 Å². The summed E-state index contributed by atoms with van der Waals surface area (Å²) >= 11 is 0. The molecule has 0 unspecified atom stereocenters. The first-order chi connectivity index (χ1) is 8.00. The van der Waals surface area contributed by atoms with E-state index in [1.807, 2.05) is 0 Å². The molecule has 0 bridgehead atoms. The second-order valence-corrected chi connectivity index (χ2v) is 3.07. The van der Waals surface area contributed by atoms with E-state index in [4.69, 9.17) is 11.5 Å². The molecule has 4 N–H and O–H groups in total. The topological polar surface area (TPSA) is 87.0 Å². The van der Waals surface area contributed by atoms with Crippen LogP contribution < -0.4 is 16.2 Å². The number of nitrogens with zero attached hydrogens (tertiary/aromatic N) is 2. The number of nitrogen functional groups attached to an aromatic ring is 2. The van der Waals surface area contributed by atoms with Crippen molar-refractivity contribution in [1.82, 2.24) is 9.97 Å². The van der Waals surface area contributed by atoms with E-state index < -0.39 is 36.1 Å². The van der Waals surface area contributed by atoms with Crippen molar-refractivity contribution in [3.8, 4) is 5.88 Å². The average molecular weight is 276 g/mol. The predicted molar refractivity (Wildman–Crippen MR) is 47.4 cm³/mol. The molecule has 0 amide bonds. The summed E-state index contributed by atoms with van der Waals surface area (Å²) in [6, 6.07) is 0.598. The largest absolute Gasteiger partial charge is 0.455 e. The molecule has 0 fully saturated rings. The van der Waals surface area contributed by atoms with Crippen molar-refractivity contribution in [1.29, 1.82) is 0 Å². The first-order valence-corrected chi connectivity index (χ1v) is 4.20. The van der Waals surface area contributed by atoms with Crippen LogP contribution in [-0.2, 0) is 0 Å². The molecule has 11 heteroatoms. The highest BCUT2D eigenvalue weighted by molar-refractivity contribution is 5.38. The molecule has 102 valence electrons. The lowest BCUT2D eigenvalue weighted by atomic mass is 10.3. The number of hydrogen-bond donors (Lipinski definition) is 2. The molecular weight excluding hydrogens is 270 g/mol. The zero-order valence-electron chi connectivity index (χ0n) is 8.38. The number of alkyl halides is 6. The van der Waals surface area contributed by atoms with Crippen LogP contribution in [-0.4, -0.2) is 28.4 Å². The molecule has 0 saturated carbocycles. The van der Waals surface area contributed by atoms with Crippen LogP contribution in [0.1, 0.15) is 0 Å². The number of aromatic nitrogens is 2. The Hall–Kier alpha value is -1.94. The van der Waals surface area contributed by atoms with Crippen LogP contribution in [0.4, 0.5) is 38.1 Å². The van der Waals surface area contributed by atoms with Gasteiger partial charge in [-0.05, 0) is 0 Å². The third-order valence-electron chi connectivity index (χ3n) is 1.57. The van der Waals surface area contributed by atoms with E-state index >= 15 is 0 Å². The van der Waals surface area contributed by atoms with Crippen molar-refractivity contribution in [3.63, 3.8) is 0 Å². The lowest BCUT2D eigenvalue weighted by Crippen LogP contribution is -2.46. The second-order valence-electron chi connectivity index (χ2n) is 3.07. The molecule has 1 aromatic heterocycles. The Morgan fingerprint density at radius 1 is 1.00 bits per heavy atom. The van der Waals surface area contributed by atoms with Crippen LogP contribution in [0.2, 0.25) is 0 Å². The number of hydrogen-bond acceptors (Lipinski definition) is 5. The molecule has 0 atom stereocenters. The molecular formula is C7H6F6N4O. The third-order valence-corrected chi connectivity index (χ3v) is 1.57. The van der Waals surface area contributed by atoms with E-state index in [1.54, 1.807) is 0 Å². The summed E-state index contributed by atoms with van der Waals surface area (Å²) in [6.45, 7) is 0. The van der Waals surface area contributed by atoms with Gasteiger partial charge in [-0.1, -0.05) is 0 Å². The zero-order valence-corrected chi connectivity index (χ0v) is 8.38. The second kappa shape index (κ2) is 4.38.